The summed E-state index contributed by atoms with van der Waals surface area (Å²) in [5.74, 6) is -0.838. The van der Waals surface area contributed by atoms with Crippen LogP contribution in [0.25, 0.3) is 10.6 Å². The maximum absolute atomic E-state index is 13.0. The molecular formula is C16H10ClFN2OS. The molecule has 0 saturated heterocycles. The van der Waals surface area contributed by atoms with Gasteiger partial charge in [-0.15, -0.1) is 11.3 Å². The standard InChI is InChI=1S/C16H10ClFN2OS/c17-12-8-11(18)6-7-13(12)19-15(21)14-9-22-16(20-14)10-4-2-1-3-5-10/h1-9H,(H,19,21). The van der Waals surface area contributed by atoms with E-state index >= 15 is 0 Å². The van der Waals surface area contributed by atoms with E-state index in [-0.39, 0.29) is 10.9 Å². The molecule has 0 bridgehead atoms. The van der Waals surface area contributed by atoms with Crippen LogP contribution in [0.15, 0.2) is 53.9 Å². The molecule has 1 N–H and O–H groups in total. The van der Waals surface area contributed by atoms with Gasteiger partial charge in [-0.1, -0.05) is 41.9 Å². The fraction of sp³-hybridized carbons (Fsp3) is 0. The van der Waals surface area contributed by atoms with E-state index < -0.39 is 5.82 Å². The van der Waals surface area contributed by atoms with E-state index in [2.05, 4.69) is 10.3 Å². The molecule has 0 unspecified atom stereocenters. The van der Waals surface area contributed by atoms with E-state index in [9.17, 15) is 9.18 Å². The van der Waals surface area contributed by atoms with Crippen molar-refractivity contribution in [3.8, 4) is 10.6 Å². The molecule has 2 aromatic carbocycles. The summed E-state index contributed by atoms with van der Waals surface area (Å²) in [6.07, 6.45) is 0. The van der Waals surface area contributed by atoms with Crippen molar-refractivity contribution in [2.45, 2.75) is 0 Å². The number of anilines is 1. The molecule has 0 saturated carbocycles. The largest absolute Gasteiger partial charge is 0.319 e. The zero-order valence-corrected chi connectivity index (χ0v) is 12.8. The summed E-state index contributed by atoms with van der Waals surface area (Å²) in [6.45, 7) is 0. The summed E-state index contributed by atoms with van der Waals surface area (Å²) < 4.78 is 13.0. The van der Waals surface area contributed by atoms with Crippen molar-refractivity contribution in [3.63, 3.8) is 0 Å². The average molecular weight is 333 g/mol. The van der Waals surface area contributed by atoms with Crippen LogP contribution < -0.4 is 5.32 Å². The average Bonchev–Trinajstić information content (AvgIpc) is 3.01. The van der Waals surface area contributed by atoms with E-state index in [1.807, 2.05) is 30.3 Å². The second-order valence-electron chi connectivity index (χ2n) is 4.48. The molecule has 0 atom stereocenters. The number of nitrogens with one attached hydrogen (secondary N) is 1. The molecule has 3 nitrogen and oxygen atoms in total. The van der Waals surface area contributed by atoms with Crippen molar-refractivity contribution in [1.29, 1.82) is 0 Å². The fourth-order valence-corrected chi connectivity index (χ4v) is 2.89. The lowest BCUT2D eigenvalue weighted by Gasteiger charge is -2.05. The summed E-state index contributed by atoms with van der Waals surface area (Å²) in [5.41, 5.74) is 1.60. The third-order valence-electron chi connectivity index (χ3n) is 2.94. The minimum atomic E-state index is -0.456. The first kappa shape index (κ1) is 14.7. The summed E-state index contributed by atoms with van der Waals surface area (Å²) in [5, 5.41) is 5.21. The Hall–Kier alpha value is -2.24. The number of amides is 1. The first-order valence-corrected chi connectivity index (χ1v) is 7.66. The van der Waals surface area contributed by atoms with Crippen LogP contribution >= 0.6 is 22.9 Å². The van der Waals surface area contributed by atoms with Gasteiger partial charge >= 0.3 is 0 Å². The third-order valence-corrected chi connectivity index (χ3v) is 4.14. The van der Waals surface area contributed by atoms with E-state index in [1.165, 1.54) is 23.5 Å². The molecule has 110 valence electrons. The number of aromatic nitrogens is 1. The Morgan fingerprint density at radius 2 is 1.95 bits per heavy atom. The van der Waals surface area contributed by atoms with E-state index in [4.69, 9.17) is 11.6 Å². The van der Waals surface area contributed by atoms with Crippen molar-refractivity contribution >= 4 is 34.5 Å². The molecule has 1 aromatic heterocycles. The third kappa shape index (κ3) is 3.16. The topological polar surface area (TPSA) is 42.0 Å². The van der Waals surface area contributed by atoms with E-state index in [0.29, 0.717) is 11.4 Å². The number of halogens is 2. The van der Waals surface area contributed by atoms with Gasteiger partial charge in [0.05, 0.1) is 10.7 Å². The summed E-state index contributed by atoms with van der Waals surface area (Å²) in [7, 11) is 0. The van der Waals surface area contributed by atoms with Crippen LogP contribution in [-0.2, 0) is 0 Å². The van der Waals surface area contributed by atoms with Gasteiger partial charge < -0.3 is 5.32 Å². The number of hydrogen-bond acceptors (Lipinski definition) is 3. The Kier molecular flexibility index (Phi) is 4.18. The summed E-state index contributed by atoms with van der Waals surface area (Å²) in [4.78, 5) is 16.5. The Bertz CT molecular complexity index is 820. The minimum absolute atomic E-state index is 0.145. The second-order valence-corrected chi connectivity index (χ2v) is 5.75. The molecule has 1 heterocycles. The van der Waals surface area contributed by atoms with Crippen molar-refractivity contribution < 1.29 is 9.18 Å². The molecule has 3 aromatic rings. The van der Waals surface area contributed by atoms with Crippen molar-refractivity contribution in [3.05, 3.63) is 70.4 Å². The molecule has 3 rings (SSSR count). The first-order chi connectivity index (χ1) is 10.6. The van der Waals surface area contributed by atoms with Gasteiger partial charge in [-0.3, -0.25) is 4.79 Å². The first-order valence-electron chi connectivity index (χ1n) is 6.41. The van der Waals surface area contributed by atoms with Crippen LogP contribution in [0.5, 0.6) is 0 Å². The lowest BCUT2D eigenvalue weighted by molar-refractivity contribution is 0.102. The molecule has 22 heavy (non-hydrogen) atoms. The van der Waals surface area contributed by atoms with E-state index in [1.54, 1.807) is 5.38 Å². The van der Waals surface area contributed by atoms with Crippen LogP contribution in [0.4, 0.5) is 10.1 Å². The zero-order chi connectivity index (χ0) is 15.5. The number of nitrogens with zero attached hydrogens (tertiary/aromatic N) is 1. The monoisotopic (exact) mass is 332 g/mol. The number of benzene rings is 2. The molecule has 0 spiro atoms. The lowest BCUT2D eigenvalue weighted by Crippen LogP contribution is -2.12. The molecule has 0 aliphatic heterocycles. The number of carbonyl (C=O) groups is 1. The van der Waals surface area contributed by atoms with Crippen molar-refractivity contribution in [2.75, 3.05) is 5.32 Å². The van der Waals surface area contributed by atoms with Gasteiger partial charge in [0.25, 0.3) is 5.91 Å². The predicted octanol–water partition coefficient (Wildman–Crippen LogP) is 4.85. The minimum Gasteiger partial charge on any atom is -0.319 e. The maximum atomic E-state index is 13.0. The van der Waals surface area contributed by atoms with Crippen molar-refractivity contribution in [1.82, 2.24) is 4.98 Å². The fourth-order valence-electron chi connectivity index (χ4n) is 1.87. The Morgan fingerprint density at radius 1 is 1.18 bits per heavy atom. The molecule has 6 heteroatoms. The molecule has 0 aliphatic rings. The van der Waals surface area contributed by atoms with E-state index in [0.717, 1.165) is 16.6 Å². The number of thiazole rings is 1. The van der Waals surface area contributed by atoms with Gasteiger partial charge in [0.1, 0.15) is 16.5 Å². The normalized spacial score (nSPS) is 10.5. The van der Waals surface area contributed by atoms with Crippen molar-refractivity contribution in [2.24, 2.45) is 0 Å². The van der Waals surface area contributed by atoms with Crippen LogP contribution in [0.2, 0.25) is 5.02 Å². The smallest absolute Gasteiger partial charge is 0.275 e. The van der Waals surface area contributed by atoms with Gasteiger partial charge in [-0.2, -0.15) is 0 Å². The van der Waals surface area contributed by atoms with Crippen LogP contribution in [0.3, 0.4) is 0 Å². The molecule has 1 amide bonds. The molecule has 0 aliphatic carbocycles. The van der Waals surface area contributed by atoms with Gasteiger partial charge in [-0.05, 0) is 18.2 Å². The summed E-state index contributed by atoms with van der Waals surface area (Å²) >= 11 is 7.27. The number of hydrogen-bond donors (Lipinski definition) is 1. The SMILES string of the molecule is O=C(Nc1ccc(F)cc1Cl)c1csc(-c2ccccc2)n1. The highest BCUT2D eigenvalue weighted by molar-refractivity contribution is 7.13. The van der Waals surface area contributed by atoms with Crippen LogP contribution in [-0.4, -0.2) is 10.9 Å². The summed E-state index contributed by atoms with van der Waals surface area (Å²) in [6, 6.07) is 13.4. The maximum Gasteiger partial charge on any atom is 0.275 e. The molecular weight excluding hydrogens is 323 g/mol. The Labute approximate surface area is 135 Å². The number of rotatable bonds is 3. The van der Waals surface area contributed by atoms with Crippen LogP contribution in [0, 0.1) is 5.82 Å². The van der Waals surface area contributed by atoms with Gasteiger partial charge in [0.2, 0.25) is 0 Å². The van der Waals surface area contributed by atoms with Gasteiger partial charge in [-0.25, -0.2) is 9.37 Å². The van der Waals surface area contributed by atoms with Gasteiger partial charge in [0, 0.05) is 10.9 Å². The Morgan fingerprint density at radius 3 is 2.68 bits per heavy atom. The van der Waals surface area contributed by atoms with Gasteiger partial charge in [0.15, 0.2) is 0 Å². The highest BCUT2D eigenvalue weighted by atomic mass is 35.5. The predicted molar refractivity (Wildman–Crippen MR) is 86.9 cm³/mol. The quantitative estimate of drug-likeness (QED) is 0.744. The molecule has 0 radical (unpaired) electrons. The molecule has 0 fully saturated rings. The second kappa shape index (κ2) is 6.25. The highest BCUT2D eigenvalue weighted by Gasteiger charge is 2.13. The number of carbonyl (C=O) groups excluding carboxylic acids is 1. The Balaban J connectivity index is 1.80. The lowest BCUT2D eigenvalue weighted by atomic mass is 10.2. The highest BCUT2D eigenvalue weighted by Crippen LogP contribution is 2.25. The van der Waals surface area contributed by atoms with Crippen LogP contribution in [0.1, 0.15) is 10.5 Å². The zero-order valence-electron chi connectivity index (χ0n) is 11.2.